The lowest BCUT2D eigenvalue weighted by Gasteiger charge is -2.36. The molecule has 0 aromatic heterocycles. The van der Waals surface area contributed by atoms with Gasteiger partial charge in [-0.1, -0.05) is 24.3 Å². The number of hydrogen-bond donors (Lipinski definition) is 2. The predicted molar refractivity (Wildman–Crippen MR) is 66.5 cm³/mol. The summed E-state index contributed by atoms with van der Waals surface area (Å²) in [4.78, 5) is 11.3. The first-order valence-corrected chi connectivity index (χ1v) is 6.25. The number of carboxylic acids is 1. The summed E-state index contributed by atoms with van der Waals surface area (Å²) in [6.07, 6.45) is -0.302. The van der Waals surface area contributed by atoms with Crippen molar-refractivity contribution in [1.82, 2.24) is 0 Å². The van der Waals surface area contributed by atoms with Gasteiger partial charge in [-0.25, -0.2) is 4.79 Å². The van der Waals surface area contributed by atoms with E-state index in [2.05, 4.69) is 5.32 Å². The van der Waals surface area contributed by atoms with Crippen LogP contribution in [0.15, 0.2) is 30.4 Å². The zero-order chi connectivity index (χ0) is 14.5. The third-order valence-corrected chi connectivity index (χ3v) is 3.97. The molecule has 3 nitrogen and oxygen atoms in total. The van der Waals surface area contributed by atoms with Gasteiger partial charge in [-0.3, -0.25) is 0 Å². The molecule has 3 atom stereocenters. The minimum atomic E-state index is -4.50. The lowest BCUT2D eigenvalue weighted by atomic mass is 9.78. The molecule has 1 aliphatic carbocycles. The van der Waals surface area contributed by atoms with Crippen molar-refractivity contribution >= 4 is 11.7 Å². The summed E-state index contributed by atoms with van der Waals surface area (Å²) in [6.45, 7) is 0. The second-order valence-electron chi connectivity index (χ2n) is 5.08. The number of allylic oxidation sites excluding steroid dienone is 2. The van der Waals surface area contributed by atoms with E-state index in [1.54, 1.807) is 12.1 Å². The normalized spacial score (nSPS) is 27.6. The molecule has 2 aliphatic rings. The summed E-state index contributed by atoms with van der Waals surface area (Å²) >= 11 is 0. The Balaban J connectivity index is 2.15. The van der Waals surface area contributed by atoms with E-state index in [1.807, 2.05) is 6.08 Å². The summed E-state index contributed by atoms with van der Waals surface area (Å²) in [6, 6.07) is 2.98. The number of alkyl halides is 3. The largest absolute Gasteiger partial charge is 0.480 e. The number of fused-ring (bicyclic) bond motifs is 3. The third kappa shape index (κ3) is 1.87. The minimum Gasteiger partial charge on any atom is -0.480 e. The monoisotopic (exact) mass is 283 g/mol. The highest BCUT2D eigenvalue weighted by Gasteiger charge is 2.44. The number of nitrogens with one attached hydrogen (secondary N) is 1. The topological polar surface area (TPSA) is 49.3 Å². The van der Waals surface area contributed by atoms with Gasteiger partial charge in [-0.2, -0.15) is 13.2 Å². The number of hydrogen-bond acceptors (Lipinski definition) is 2. The number of para-hydroxylation sites is 1. The van der Waals surface area contributed by atoms with Crippen molar-refractivity contribution in [2.75, 3.05) is 5.32 Å². The van der Waals surface area contributed by atoms with Gasteiger partial charge in [0.2, 0.25) is 0 Å². The van der Waals surface area contributed by atoms with Crippen molar-refractivity contribution in [1.29, 1.82) is 0 Å². The zero-order valence-corrected chi connectivity index (χ0v) is 10.3. The van der Waals surface area contributed by atoms with Gasteiger partial charge < -0.3 is 10.4 Å². The Kier molecular flexibility index (Phi) is 2.77. The molecule has 20 heavy (non-hydrogen) atoms. The fourth-order valence-electron chi connectivity index (χ4n) is 3.10. The molecule has 0 radical (unpaired) electrons. The molecule has 3 rings (SSSR count). The van der Waals surface area contributed by atoms with Crippen LogP contribution in [-0.2, 0) is 11.0 Å². The molecule has 0 amide bonds. The summed E-state index contributed by atoms with van der Waals surface area (Å²) in [5, 5.41) is 11.8. The second kappa shape index (κ2) is 4.26. The van der Waals surface area contributed by atoms with Crippen molar-refractivity contribution in [3.8, 4) is 0 Å². The van der Waals surface area contributed by atoms with E-state index in [0.717, 1.165) is 6.07 Å². The Morgan fingerprint density at radius 1 is 1.35 bits per heavy atom. The fourth-order valence-corrected chi connectivity index (χ4v) is 3.10. The maximum atomic E-state index is 13.0. The van der Waals surface area contributed by atoms with Crippen LogP contribution in [0.2, 0.25) is 0 Å². The number of aliphatic carboxylic acids is 1. The van der Waals surface area contributed by atoms with Crippen LogP contribution in [0.3, 0.4) is 0 Å². The molecule has 106 valence electrons. The highest BCUT2D eigenvalue weighted by molar-refractivity contribution is 5.81. The number of carboxylic acid groups (broad SMARTS) is 1. The van der Waals surface area contributed by atoms with E-state index >= 15 is 0 Å². The second-order valence-corrected chi connectivity index (χ2v) is 5.08. The van der Waals surface area contributed by atoms with Gasteiger partial charge in [-0.05, 0) is 18.1 Å². The average Bonchev–Trinajstić information content (AvgIpc) is 2.84. The van der Waals surface area contributed by atoms with Crippen molar-refractivity contribution in [3.63, 3.8) is 0 Å². The van der Waals surface area contributed by atoms with E-state index in [9.17, 15) is 23.1 Å². The van der Waals surface area contributed by atoms with Crippen LogP contribution < -0.4 is 5.32 Å². The number of benzene rings is 1. The Morgan fingerprint density at radius 2 is 2.10 bits per heavy atom. The van der Waals surface area contributed by atoms with Crippen LogP contribution in [0.1, 0.15) is 23.5 Å². The SMILES string of the molecule is O=C(O)[C@H]1Nc2c(cccc2C(F)(F)F)[C@H]2C=CC[C@@H]12. The Bertz CT molecular complexity index is 595. The van der Waals surface area contributed by atoms with E-state index in [4.69, 9.17) is 0 Å². The minimum absolute atomic E-state index is 0.0970. The molecule has 1 aromatic carbocycles. The van der Waals surface area contributed by atoms with Gasteiger partial charge in [0.25, 0.3) is 0 Å². The highest BCUT2D eigenvalue weighted by Crippen LogP contribution is 2.48. The Labute approximate surface area is 113 Å². The molecule has 0 fully saturated rings. The summed E-state index contributed by atoms with van der Waals surface area (Å²) in [7, 11) is 0. The lowest BCUT2D eigenvalue weighted by molar-refractivity contribution is -0.140. The molecule has 0 saturated heterocycles. The van der Waals surface area contributed by atoms with Crippen molar-refractivity contribution < 1.29 is 23.1 Å². The molecule has 1 heterocycles. The number of halogens is 3. The van der Waals surface area contributed by atoms with Crippen molar-refractivity contribution in [2.45, 2.75) is 24.6 Å². The van der Waals surface area contributed by atoms with Crippen LogP contribution in [0.25, 0.3) is 0 Å². The molecule has 0 unspecified atom stereocenters. The van der Waals surface area contributed by atoms with Gasteiger partial charge in [0.1, 0.15) is 6.04 Å². The standard InChI is InChI=1S/C14H12F3NO2/c15-14(16,17)10-6-2-5-8-7-3-1-4-9(7)12(13(19)20)18-11(8)10/h1-3,5-7,9,12,18H,4H2,(H,19,20)/t7-,9-,12+/m1/s1. The fraction of sp³-hybridized carbons (Fsp3) is 0.357. The molecule has 0 spiro atoms. The molecule has 2 N–H and O–H groups in total. The van der Waals surface area contributed by atoms with E-state index in [0.29, 0.717) is 12.0 Å². The summed E-state index contributed by atoms with van der Waals surface area (Å²) in [5.41, 5.74) is -0.378. The van der Waals surface area contributed by atoms with Gasteiger partial charge in [-0.15, -0.1) is 0 Å². The maximum absolute atomic E-state index is 13.0. The van der Waals surface area contributed by atoms with E-state index in [-0.39, 0.29) is 17.5 Å². The summed E-state index contributed by atoms with van der Waals surface area (Å²) in [5.74, 6) is -1.62. The molecule has 1 aliphatic heterocycles. The van der Waals surface area contributed by atoms with Gasteiger partial charge >= 0.3 is 12.1 Å². The predicted octanol–water partition coefficient (Wildman–Crippen LogP) is 3.24. The molecular weight excluding hydrogens is 271 g/mol. The Morgan fingerprint density at radius 3 is 2.75 bits per heavy atom. The first kappa shape index (κ1) is 13.0. The molecule has 1 aromatic rings. The first-order chi connectivity index (χ1) is 9.39. The highest BCUT2D eigenvalue weighted by atomic mass is 19.4. The van der Waals surface area contributed by atoms with E-state index in [1.165, 1.54) is 6.07 Å². The third-order valence-electron chi connectivity index (χ3n) is 3.97. The summed E-state index contributed by atoms with van der Waals surface area (Å²) < 4.78 is 39.1. The zero-order valence-electron chi connectivity index (χ0n) is 10.3. The van der Waals surface area contributed by atoms with Crippen molar-refractivity contribution in [2.24, 2.45) is 5.92 Å². The smallest absolute Gasteiger partial charge is 0.418 e. The Hall–Kier alpha value is -1.98. The first-order valence-electron chi connectivity index (χ1n) is 6.25. The maximum Gasteiger partial charge on any atom is 0.418 e. The van der Waals surface area contributed by atoms with Gasteiger partial charge in [0.15, 0.2) is 0 Å². The molecule has 0 bridgehead atoms. The van der Waals surface area contributed by atoms with Crippen LogP contribution in [0, 0.1) is 5.92 Å². The van der Waals surface area contributed by atoms with Crippen LogP contribution in [0.5, 0.6) is 0 Å². The van der Waals surface area contributed by atoms with Crippen LogP contribution in [0.4, 0.5) is 18.9 Å². The molecule has 6 heteroatoms. The average molecular weight is 283 g/mol. The van der Waals surface area contributed by atoms with Gasteiger partial charge in [0, 0.05) is 11.8 Å². The van der Waals surface area contributed by atoms with Gasteiger partial charge in [0.05, 0.1) is 11.3 Å². The number of rotatable bonds is 1. The van der Waals surface area contributed by atoms with Crippen LogP contribution >= 0.6 is 0 Å². The molecular formula is C14H12F3NO2. The molecule has 0 saturated carbocycles. The number of carbonyl (C=O) groups is 1. The van der Waals surface area contributed by atoms with Crippen molar-refractivity contribution in [3.05, 3.63) is 41.5 Å². The lowest BCUT2D eigenvalue weighted by Crippen LogP contribution is -2.42. The quantitative estimate of drug-likeness (QED) is 0.778. The van der Waals surface area contributed by atoms with E-state index < -0.39 is 23.8 Å². The number of anilines is 1. The van der Waals surface area contributed by atoms with Crippen LogP contribution in [-0.4, -0.2) is 17.1 Å².